The van der Waals surface area contributed by atoms with Gasteiger partial charge in [-0.15, -0.1) is 0 Å². The Hall–Kier alpha value is -4.41. The van der Waals surface area contributed by atoms with Gasteiger partial charge in [-0.2, -0.15) is 0 Å². The lowest BCUT2D eigenvalue weighted by Gasteiger charge is -2.18. The summed E-state index contributed by atoms with van der Waals surface area (Å²) in [5.74, 6) is 0. The highest BCUT2D eigenvalue weighted by atomic mass is 32.2. The molecule has 4 aromatic rings. The zero-order chi connectivity index (χ0) is 30.4. The molecule has 2 atom stereocenters. The molecular weight excluding hydrogens is 552 g/mol. The molecule has 0 spiro atoms. The summed E-state index contributed by atoms with van der Waals surface area (Å²) >= 11 is -1.71. The van der Waals surface area contributed by atoms with Crippen molar-refractivity contribution in [1.29, 1.82) is 0 Å². The molecule has 10 heteroatoms. The first-order chi connectivity index (χ1) is 20.1. The van der Waals surface area contributed by atoms with Crippen molar-refractivity contribution >= 4 is 33.9 Å². The lowest BCUT2D eigenvalue weighted by molar-refractivity contribution is -0.384. The number of hydrogen-bond donors (Lipinski definition) is 2. The number of nitrogens with one attached hydrogen (secondary N) is 2. The molecule has 0 radical (unpaired) electrons. The van der Waals surface area contributed by atoms with Crippen LogP contribution in [-0.4, -0.2) is 26.5 Å². The minimum Gasteiger partial charge on any atom is -0.606 e. The molecule has 0 aliphatic heterocycles. The number of nitro benzene ring substituents is 2. The maximum Gasteiger partial charge on any atom is 0.292 e. The van der Waals surface area contributed by atoms with Gasteiger partial charge in [-0.3, -0.25) is 20.2 Å². The van der Waals surface area contributed by atoms with E-state index in [1.54, 1.807) is 72.8 Å². The van der Waals surface area contributed by atoms with E-state index in [0.717, 1.165) is 12.8 Å². The minimum absolute atomic E-state index is 0.0570. The SMILES string of the molecule is CCC(C)Nc1ccc(-c2ccccc2[S+]([O-])c2ccccc2-c2ccc(NC(C)CC)c([N+](=O)[O-])c2)cc1[N+](=O)[O-]. The summed E-state index contributed by atoms with van der Waals surface area (Å²) in [6.45, 7) is 7.91. The Morgan fingerprint density at radius 2 is 1.05 bits per heavy atom. The van der Waals surface area contributed by atoms with Gasteiger partial charge in [0.15, 0.2) is 9.79 Å². The highest BCUT2D eigenvalue weighted by Gasteiger charge is 2.26. The topological polar surface area (TPSA) is 133 Å². The monoisotopic (exact) mass is 586 g/mol. The van der Waals surface area contributed by atoms with Gasteiger partial charge in [0, 0.05) is 46.5 Å². The van der Waals surface area contributed by atoms with Crippen LogP contribution in [0.25, 0.3) is 22.3 Å². The van der Waals surface area contributed by atoms with Crippen LogP contribution in [0.4, 0.5) is 22.7 Å². The van der Waals surface area contributed by atoms with Crippen molar-refractivity contribution in [1.82, 2.24) is 0 Å². The summed E-state index contributed by atoms with van der Waals surface area (Å²) < 4.78 is 14.2. The molecule has 0 aliphatic carbocycles. The van der Waals surface area contributed by atoms with E-state index in [9.17, 15) is 24.8 Å². The largest absolute Gasteiger partial charge is 0.606 e. The molecule has 0 aliphatic rings. The number of hydrogen-bond acceptors (Lipinski definition) is 7. The van der Waals surface area contributed by atoms with Crippen molar-refractivity contribution in [3.8, 4) is 22.3 Å². The Morgan fingerprint density at radius 3 is 1.40 bits per heavy atom. The first-order valence-electron chi connectivity index (χ1n) is 13.8. The van der Waals surface area contributed by atoms with Gasteiger partial charge < -0.3 is 15.2 Å². The number of benzene rings is 4. The van der Waals surface area contributed by atoms with E-state index in [2.05, 4.69) is 10.6 Å². The van der Waals surface area contributed by atoms with Crippen LogP contribution in [0.5, 0.6) is 0 Å². The average Bonchev–Trinajstić information content (AvgIpc) is 3.00. The first kappa shape index (κ1) is 30.5. The zero-order valence-corrected chi connectivity index (χ0v) is 24.8. The Morgan fingerprint density at radius 1 is 0.667 bits per heavy atom. The fourth-order valence-corrected chi connectivity index (χ4v) is 5.94. The smallest absolute Gasteiger partial charge is 0.292 e. The molecule has 0 saturated carbocycles. The standard InChI is InChI=1S/C32H34N4O5S/c1-5-21(3)33-27-17-15-23(19-29(27)35(37)38)25-11-7-9-13-31(25)42(41)32-14-10-8-12-26(32)24-16-18-28(34-22(4)6-2)30(20-24)36(39)40/h7-22,33-34H,5-6H2,1-4H3. The Bertz CT molecular complexity index is 1480. The molecule has 218 valence electrons. The normalized spacial score (nSPS) is 13.2. The maximum absolute atomic E-state index is 14.2. The summed E-state index contributed by atoms with van der Waals surface area (Å²) in [6, 6.07) is 24.2. The fraction of sp³-hybridized carbons (Fsp3) is 0.250. The second-order valence-corrected chi connectivity index (χ2v) is 11.6. The molecule has 0 saturated heterocycles. The van der Waals surface area contributed by atoms with Crippen LogP contribution in [0.3, 0.4) is 0 Å². The van der Waals surface area contributed by atoms with E-state index >= 15 is 0 Å². The van der Waals surface area contributed by atoms with E-state index in [-0.39, 0.29) is 23.5 Å². The third-order valence-corrected chi connectivity index (χ3v) is 8.72. The number of anilines is 2. The van der Waals surface area contributed by atoms with Gasteiger partial charge in [-0.05, 0) is 74.2 Å². The van der Waals surface area contributed by atoms with Crippen LogP contribution in [0.1, 0.15) is 40.5 Å². The van der Waals surface area contributed by atoms with Crippen LogP contribution < -0.4 is 10.6 Å². The minimum atomic E-state index is -1.71. The summed E-state index contributed by atoms with van der Waals surface area (Å²) in [5.41, 5.74) is 3.05. The molecule has 0 bridgehead atoms. The maximum atomic E-state index is 14.2. The number of nitro groups is 2. The Balaban J connectivity index is 1.78. The van der Waals surface area contributed by atoms with Crippen molar-refractivity contribution in [3.63, 3.8) is 0 Å². The summed E-state index contributed by atoms with van der Waals surface area (Å²) in [6.07, 6.45) is 1.61. The Kier molecular flexibility index (Phi) is 9.82. The lowest BCUT2D eigenvalue weighted by Crippen LogP contribution is -2.14. The molecular formula is C32H34N4O5S. The molecule has 4 aromatic carbocycles. The molecule has 2 N–H and O–H groups in total. The molecule has 2 unspecified atom stereocenters. The van der Waals surface area contributed by atoms with E-state index < -0.39 is 21.0 Å². The lowest BCUT2D eigenvalue weighted by atomic mass is 10.0. The third-order valence-electron chi connectivity index (χ3n) is 7.21. The van der Waals surface area contributed by atoms with Gasteiger partial charge in [0.25, 0.3) is 11.4 Å². The van der Waals surface area contributed by atoms with Crippen LogP contribution >= 0.6 is 0 Å². The van der Waals surface area contributed by atoms with Crippen LogP contribution in [0.15, 0.2) is 94.7 Å². The van der Waals surface area contributed by atoms with Gasteiger partial charge in [-0.25, -0.2) is 0 Å². The van der Waals surface area contributed by atoms with Crippen molar-refractivity contribution < 1.29 is 14.4 Å². The van der Waals surface area contributed by atoms with Crippen molar-refractivity contribution in [2.75, 3.05) is 10.6 Å². The van der Waals surface area contributed by atoms with Gasteiger partial charge in [0.05, 0.1) is 9.85 Å². The molecule has 9 nitrogen and oxygen atoms in total. The van der Waals surface area contributed by atoms with Crippen molar-refractivity contribution in [3.05, 3.63) is 105 Å². The van der Waals surface area contributed by atoms with Gasteiger partial charge in [0.2, 0.25) is 0 Å². The molecule has 0 heterocycles. The quantitative estimate of drug-likeness (QED) is 0.0966. The molecule has 0 aromatic heterocycles. The fourth-order valence-electron chi connectivity index (χ4n) is 4.53. The number of rotatable bonds is 12. The van der Waals surface area contributed by atoms with Gasteiger partial charge in [-0.1, -0.05) is 50.2 Å². The Labute approximate surface area is 248 Å². The summed E-state index contributed by atoms with van der Waals surface area (Å²) in [7, 11) is 0. The van der Waals surface area contributed by atoms with E-state index in [4.69, 9.17) is 0 Å². The van der Waals surface area contributed by atoms with Gasteiger partial charge in [0.1, 0.15) is 11.4 Å². The van der Waals surface area contributed by atoms with Crippen molar-refractivity contribution in [2.24, 2.45) is 0 Å². The third kappa shape index (κ3) is 6.72. The highest BCUT2D eigenvalue weighted by molar-refractivity contribution is 7.91. The van der Waals surface area contributed by atoms with E-state index in [0.29, 0.717) is 43.4 Å². The predicted molar refractivity (Wildman–Crippen MR) is 168 cm³/mol. The highest BCUT2D eigenvalue weighted by Crippen LogP contribution is 2.40. The average molecular weight is 587 g/mol. The van der Waals surface area contributed by atoms with Crippen molar-refractivity contribution in [2.45, 2.75) is 62.4 Å². The number of nitrogens with zero attached hydrogens (tertiary/aromatic N) is 2. The summed E-state index contributed by atoms with van der Waals surface area (Å²) in [4.78, 5) is 24.0. The van der Waals surface area contributed by atoms with E-state index in [1.807, 2.05) is 27.7 Å². The molecule has 4 rings (SSSR count). The molecule has 0 amide bonds. The molecule has 42 heavy (non-hydrogen) atoms. The molecule has 0 fully saturated rings. The second kappa shape index (κ2) is 13.5. The van der Waals surface area contributed by atoms with Crippen LogP contribution in [-0.2, 0) is 11.2 Å². The van der Waals surface area contributed by atoms with E-state index in [1.165, 1.54) is 12.1 Å². The predicted octanol–water partition coefficient (Wildman–Crippen LogP) is 8.42. The van der Waals surface area contributed by atoms with Crippen LogP contribution in [0.2, 0.25) is 0 Å². The second-order valence-electron chi connectivity index (χ2n) is 10.1. The zero-order valence-electron chi connectivity index (χ0n) is 24.0. The summed E-state index contributed by atoms with van der Waals surface area (Å²) in [5, 5.41) is 30.3. The van der Waals surface area contributed by atoms with Crippen LogP contribution in [0, 0.1) is 20.2 Å². The first-order valence-corrected chi connectivity index (χ1v) is 15.0. The van der Waals surface area contributed by atoms with Gasteiger partial charge >= 0.3 is 0 Å².